The molecule has 0 heterocycles. The molecular formula is C19H34N2. The number of rotatable bonds is 12. The fraction of sp³-hybridized carbons (Fsp3) is 0.579. The number of hydrogen-bond acceptors (Lipinski definition) is 2. The van der Waals surface area contributed by atoms with E-state index in [0.29, 0.717) is 17.9 Å². The van der Waals surface area contributed by atoms with Crippen LogP contribution in [0.2, 0.25) is 0 Å². The van der Waals surface area contributed by atoms with Gasteiger partial charge in [-0.2, -0.15) is 0 Å². The third-order valence-electron chi connectivity index (χ3n) is 3.50. The predicted octanol–water partition coefficient (Wildman–Crippen LogP) is 4.79. The monoisotopic (exact) mass is 290 g/mol. The van der Waals surface area contributed by atoms with Crippen LogP contribution in [0.15, 0.2) is 49.4 Å². The first kappa shape index (κ1) is 19.6. The van der Waals surface area contributed by atoms with Gasteiger partial charge in [0.1, 0.15) is 0 Å². The van der Waals surface area contributed by atoms with Crippen molar-refractivity contribution >= 4 is 0 Å². The molecule has 0 aliphatic heterocycles. The molecule has 0 fully saturated rings. The zero-order chi connectivity index (χ0) is 16.3. The summed E-state index contributed by atoms with van der Waals surface area (Å²) in [5.41, 5.74) is 1.18. The minimum atomic E-state index is 0.360. The molecule has 0 aromatic rings. The summed E-state index contributed by atoms with van der Waals surface area (Å²) in [4.78, 5) is 0. The summed E-state index contributed by atoms with van der Waals surface area (Å²) in [6.07, 6.45) is 9.29. The highest BCUT2D eigenvalue weighted by atomic mass is 15.1. The Morgan fingerprint density at radius 1 is 1.19 bits per heavy atom. The molecule has 0 saturated carbocycles. The van der Waals surface area contributed by atoms with Crippen molar-refractivity contribution in [3.63, 3.8) is 0 Å². The van der Waals surface area contributed by atoms with Gasteiger partial charge in [0.05, 0.1) is 5.82 Å². The smallest absolute Gasteiger partial charge is 0.0914 e. The summed E-state index contributed by atoms with van der Waals surface area (Å²) in [6.45, 7) is 21.6. The molecule has 0 saturated heterocycles. The first-order valence-electron chi connectivity index (χ1n) is 8.01. The molecule has 0 bridgehead atoms. The molecule has 0 radical (unpaired) electrons. The molecule has 0 aliphatic carbocycles. The van der Waals surface area contributed by atoms with Crippen molar-refractivity contribution in [3.05, 3.63) is 49.4 Å². The summed E-state index contributed by atoms with van der Waals surface area (Å²) in [5, 5.41) is 6.83. The summed E-state index contributed by atoms with van der Waals surface area (Å²) in [6, 6.07) is 0.360. The molecule has 0 aliphatic rings. The van der Waals surface area contributed by atoms with E-state index in [1.807, 2.05) is 19.1 Å². The number of allylic oxidation sites excluding steroid dienone is 4. The fourth-order valence-corrected chi connectivity index (χ4v) is 2.27. The van der Waals surface area contributed by atoms with Crippen molar-refractivity contribution in [2.45, 2.75) is 53.0 Å². The molecule has 0 aromatic heterocycles. The third kappa shape index (κ3) is 10.0. The molecule has 0 spiro atoms. The van der Waals surface area contributed by atoms with Gasteiger partial charge in [-0.15, -0.1) is 6.58 Å². The van der Waals surface area contributed by atoms with Crippen LogP contribution in [-0.2, 0) is 0 Å². The molecular weight excluding hydrogens is 256 g/mol. The maximum atomic E-state index is 4.13. The van der Waals surface area contributed by atoms with Gasteiger partial charge in [-0.1, -0.05) is 50.8 Å². The maximum Gasteiger partial charge on any atom is 0.0914 e. The van der Waals surface area contributed by atoms with E-state index in [2.05, 4.69) is 57.2 Å². The van der Waals surface area contributed by atoms with Gasteiger partial charge in [0.25, 0.3) is 0 Å². The van der Waals surface area contributed by atoms with Gasteiger partial charge in [0, 0.05) is 12.6 Å². The quantitative estimate of drug-likeness (QED) is 0.399. The highest BCUT2D eigenvalue weighted by Crippen LogP contribution is 2.21. The van der Waals surface area contributed by atoms with Crippen LogP contribution in [0.3, 0.4) is 0 Å². The molecule has 21 heavy (non-hydrogen) atoms. The second-order valence-corrected chi connectivity index (χ2v) is 6.17. The van der Waals surface area contributed by atoms with Gasteiger partial charge in [0.15, 0.2) is 0 Å². The van der Waals surface area contributed by atoms with Gasteiger partial charge < -0.3 is 10.6 Å². The lowest BCUT2D eigenvalue weighted by atomic mass is 9.89. The lowest BCUT2D eigenvalue weighted by molar-refractivity contribution is 0.366. The van der Waals surface area contributed by atoms with E-state index < -0.39 is 0 Å². The van der Waals surface area contributed by atoms with E-state index in [9.17, 15) is 0 Å². The van der Waals surface area contributed by atoms with Gasteiger partial charge >= 0.3 is 0 Å². The Kier molecular flexibility index (Phi) is 10.5. The predicted molar refractivity (Wildman–Crippen MR) is 96.1 cm³/mol. The van der Waals surface area contributed by atoms with E-state index in [4.69, 9.17) is 0 Å². The summed E-state index contributed by atoms with van der Waals surface area (Å²) in [7, 11) is 0. The molecule has 2 nitrogen and oxygen atoms in total. The Morgan fingerprint density at radius 2 is 1.86 bits per heavy atom. The van der Waals surface area contributed by atoms with Crippen molar-refractivity contribution in [2.75, 3.05) is 6.54 Å². The number of nitrogens with one attached hydrogen (secondary N) is 2. The zero-order valence-electron chi connectivity index (χ0n) is 14.4. The minimum Gasteiger partial charge on any atom is -0.372 e. The molecule has 120 valence electrons. The molecule has 0 rings (SSSR count). The van der Waals surface area contributed by atoms with Crippen molar-refractivity contribution in [1.82, 2.24) is 10.6 Å². The Labute approximate surface area is 132 Å². The van der Waals surface area contributed by atoms with Crippen LogP contribution in [0.1, 0.15) is 47.0 Å². The highest BCUT2D eigenvalue weighted by molar-refractivity contribution is 5.14. The van der Waals surface area contributed by atoms with Crippen LogP contribution < -0.4 is 10.6 Å². The first-order chi connectivity index (χ1) is 9.90. The zero-order valence-corrected chi connectivity index (χ0v) is 14.4. The normalized spacial score (nSPS) is 14.0. The van der Waals surface area contributed by atoms with E-state index in [1.54, 1.807) is 0 Å². The highest BCUT2D eigenvalue weighted by Gasteiger charge is 2.17. The number of hydrogen-bond donors (Lipinski definition) is 2. The summed E-state index contributed by atoms with van der Waals surface area (Å²) in [5.74, 6) is 2.06. The van der Waals surface area contributed by atoms with Crippen LogP contribution >= 0.6 is 0 Å². The second-order valence-electron chi connectivity index (χ2n) is 6.17. The van der Waals surface area contributed by atoms with Crippen molar-refractivity contribution in [2.24, 2.45) is 11.8 Å². The van der Waals surface area contributed by atoms with Gasteiger partial charge in [-0.05, 0) is 44.9 Å². The van der Waals surface area contributed by atoms with E-state index in [-0.39, 0.29) is 0 Å². The Bertz CT molecular complexity index is 353. The SMILES string of the molecule is C=CCCC(CC(=C)/C=C\C)C(C)NC(=C)NCC(C)C. The molecule has 2 unspecified atom stereocenters. The Hall–Kier alpha value is -1.44. The van der Waals surface area contributed by atoms with Crippen LogP contribution in [0, 0.1) is 11.8 Å². The fourth-order valence-electron chi connectivity index (χ4n) is 2.27. The van der Waals surface area contributed by atoms with Gasteiger partial charge in [0.2, 0.25) is 0 Å². The van der Waals surface area contributed by atoms with Gasteiger partial charge in [-0.25, -0.2) is 0 Å². The summed E-state index contributed by atoms with van der Waals surface area (Å²) < 4.78 is 0. The van der Waals surface area contributed by atoms with E-state index >= 15 is 0 Å². The molecule has 2 atom stereocenters. The largest absolute Gasteiger partial charge is 0.372 e. The Balaban J connectivity index is 4.48. The van der Waals surface area contributed by atoms with Crippen LogP contribution in [0.4, 0.5) is 0 Å². The molecule has 0 aromatic carbocycles. The van der Waals surface area contributed by atoms with Crippen molar-refractivity contribution < 1.29 is 0 Å². The lowest BCUT2D eigenvalue weighted by Crippen LogP contribution is -2.38. The minimum absolute atomic E-state index is 0.360. The second kappa shape index (κ2) is 11.2. The van der Waals surface area contributed by atoms with Gasteiger partial charge in [-0.3, -0.25) is 0 Å². The maximum absolute atomic E-state index is 4.13. The van der Waals surface area contributed by atoms with Crippen molar-refractivity contribution in [3.8, 4) is 0 Å². The standard InChI is InChI=1S/C19H34N2/c1-8-10-12-19(13-16(5)11-9-2)17(6)21-18(7)20-14-15(3)4/h8-9,11,15,17,19-21H,1,5,7,10,12-14H2,2-4,6H3/b11-9-. The first-order valence-corrected chi connectivity index (χ1v) is 8.01. The molecule has 2 N–H and O–H groups in total. The van der Waals surface area contributed by atoms with Crippen LogP contribution in [-0.4, -0.2) is 12.6 Å². The van der Waals surface area contributed by atoms with E-state index in [1.165, 1.54) is 5.57 Å². The third-order valence-corrected chi connectivity index (χ3v) is 3.50. The van der Waals surface area contributed by atoms with E-state index in [0.717, 1.165) is 31.6 Å². The average molecular weight is 290 g/mol. The lowest BCUT2D eigenvalue weighted by Gasteiger charge is -2.27. The van der Waals surface area contributed by atoms with Crippen molar-refractivity contribution in [1.29, 1.82) is 0 Å². The topological polar surface area (TPSA) is 24.1 Å². The Morgan fingerprint density at radius 3 is 2.38 bits per heavy atom. The van der Waals surface area contributed by atoms with Crippen LogP contribution in [0.25, 0.3) is 0 Å². The van der Waals surface area contributed by atoms with Crippen LogP contribution in [0.5, 0.6) is 0 Å². The average Bonchev–Trinajstić information content (AvgIpc) is 2.41. The molecule has 0 amide bonds. The summed E-state index contributed by atoms with van der Waals surface area (Å²) >= 11 is 0. The molecule has 2 heteroatoms.